The van der Waals surface area contributed by atoms with Crippen molar-refractivity contribution in [1.29, 1.82) is 0 Å². The highest BCUT2D eigenvalue weighted by molar-refractivity contribution is 5.95. The second kappa shape index (κ2) is 5.53. The van der Waals surface area contributed by atoms with Gasteiger partial charge in [-0.25, -0.2) is 13.6 Å². The summed E-state index contributed by atoms with van der Waals surface area (Å²) < 4.78 is 28.4. The van der Waals surface area contributed by atoms with Crippen LogP contribution >= 0.6 is 0 Å². The van der Waals surface area contributed by atoms with E-state index in [2.05, 4.69) is 5.32 Å². The number of rotatable bonds is 2. The van der Waals surface area contributed by atoms with E-state index < -0.39 is 23.6 Å². The van der Waals surface area contributed by atoms with Crippen molar-refractivity contribution in [3.63, 3.8) is 0 Å². The molecule has 3 nitrogen and oxygen atoms in total. The number of halogens is 2. The topological polar surface area (TPSA) is 49.3 Å². The van der Waals surface area contributed by atoms with E-state index in [0.29, 0.717) is 23.1 Å². The lowest BCUT2D eigenvalue weighted by Gasteiger charge is -2.44. The van der Waals surface area contributed by atoms with Crippen molar-refractivity contribution in [3.8, 4) is 0 Å². The van der Waals surface area contributed by atoms with Gasteiger partial charge in [-0.1, -0.05) is 12.1 Å². The van der Waals surface area contributed by atoms with Gasteiger partial charge in [-0.3, -0.25) is 0 Å². The molecule has 134 valence electrons. The lowest BCUT2D eigenvalue weighted by atomic mass is 9.67. The summed E-state index contributed by atoms with van der Waals surface area (Å²) in [5, 5.41) is 12.9. The third-order valence-electron chi connectivity index (χ3n) is 6.64. The highest BCUT2D eigenvalue weighted by Crippen LogP contribution is 2.64. The third kappa shape index (κ3) is 2.12. The molecule has 0 amide bonds. The number of para-hydroxylation sites is 1. The Kier molecular flexibility index (Phi) is 3.36. The van der Waals surface area contributed by atoms with Gasteiger partial charge < -0.3 is 10.4 Å². The van der Waals surface area contributed by atoms with Gasteiger partial charge in [-0.2, -0.15) is 0 Å². The zero-order valence-corrected chi connectivity index (χ0v) is 14.1. The molecular weight excluding hydrogens is 336 g/mol. The maximum absolute atomic E-state index is 14.6. The molecule has 2 bridgehead atoms. The minimum atomic E-state index is -1.01. The van der Waals surface area contributed by atoms with Crippen LogP contribution in [-0.4, -0.2) is 11.1 Å². The molecule has 1 aliphatic heterocycles. The van der Waals surface area contributed by atoms with E-state index in [4.69, 9.17) is 0 Å². The molecule has 0 unspecified atom stereocenters. The van der Waals surface area contributed by atoms with E-state index in [-0.39, 0.29) is 17.4 Å². The van der Waals surface area contributed by atoms with E-state index in [0.717, 1.165) is 37.0 Å². The van der Waals surface area contributed by atoms with Crippen LogP contribution in [0.1, 0.15) is 52.7 Å². The molecule has 3 aliphatic rings. The number of carboxylic acid groups (broad SMARTS) is 1. The number of nitrogens with one attached hydrogen (secondary N) is 1. The van der Waals surface area contributed by atoms with Crippen LogP contribution in [0.2, 0.25) is 0 Å². The summed E-state index contributed by atoms with van der Waals surface area (Å²) in [5.74, 6) is -0.587. The number of benzene rings is 2. The number of aromatic carboxylic acids is 1. The smallest absolute Gasteiger partial charge is 0.337 e. The first-order valence-electron chi connectivity index (χ1n) is 9.12. The first-order chi connectivity index (χ1) is 12.5. The maximum Gasteiger partial charge on any atom is 0.337 e. The molecule has 2 aromatic carbocycles. The van der Waals surface area contributed by atoms with Crippen molar-refractivity contribution in [2.24, 2.45) is 17.8 Å². The van der Waals surface area contributed by atoms with Crippen LogP contribution in [0.25, 0.3) is 0 Å². The van der Waals surface area contributed by atoms with Crippen LogP contribution in [-0.2, 0) is 0 Å². The second-order valence-electron chi connectivity index (χ2n) is 7.80. The van der Waals surface area contributed by atoms with Crippen molar-refractivity contribution in [2.45, 2.75) is 31.2 Å². The molecule has 2 aliphatic carbocycles. The Morgan fingerprint density at radius 1 is 1.08 bits per heavy atom. The summed E-state index contributed by atoms with van der Waals surface area (Å²) in [5.41, 5.74) is 2.10. The van der Waals surface area contributed by atoms with Crippen LogP contribution in [0.3, 0.4) is 0 Å². The average molecular weight is 355 g/mol. The zero-order chi connectivity index (χ0) is 18.0. The van der Waals surface area contributed by atoms with Gasteiger partial charge in [-0.05, 0) is 72.8 Å². The summed E-state index contributed by atoms with van der Waals surface area (Å²) in [7, 11) is 0. The molecule has 1 heterocycles. The lowest BCUT2D eigenvalue weighted by Crippen LogP contribution is -2.36. The molecular formula is C21H19F2NO2. The fourth-order valence-corrected chi connectivity index (χ4v) is 5.75. The van der Waals surface area contributed by atoms with Crippen LogP contribution < -0.4 is 5.32 Å². The third-order valence-corrected chi connectivity index (χ3v) is 6.64. The van der Waals surface area contributed by atoms with E-state index in [1.54, 1.807) is 12.1 Å². The van der Waals surface area contributed by atoms with Crippen LogP contribution in [0.4, 0.5) is 14.5 Å². The molecule has 0 aromatic heterocycles. The highest BCUT2D eigenvalue weighted by atomic mass is 19.1. The minimum absolute atomic E-state index is 0.168. The summed E-state index contributed by atoms with van der Waals surface area (Å²) >= 11 is 0. The monoisotopic (exact) mass is 355 g/mol. The molecule has 2 N–H and O–H groups in total. The number of carbonyl (C=O) groups is 1. The first-order valence-corrected chi connectivity index (χ1v) is 9.12. The van der Waals surface area contributed by atoms with Gasteiger partial charge in [0.25, 0.3) is 0 Å². The second-order valence-corrected chi connectivity index (χ2v) is 7.80. The average Bonchev–Trinajstić information content (AvgIpc) is 3.25. The minimum Gasteiger partial charge on any atom is -0.478 e. The number of hydrogen-bond donors (Lipinski definition) is 2. The van der Waals surface area contributed by atoms with Crippen molar-refractivity contribution < 1.29 is 18.7 Å². The molecule has 5 atom stereocenters. The summed E-state index contributed by atoms with van der Waals surface area (Å²) in [6.07, 6.45) is 3.32. The number of hydrogen-bond acceptors (Lipinski definition) is 2. The normalized spacial score (nSPS) is 31.2. The fourth-order valence-electron chi connectivity index (χ4n) is 5.75. The van der Waals surface area contributed by atoms with Gasteiger partial charge in [0.1, 0.15) is 11.6 Å². The number of fused-ring (bicyclic) bond motifs is 7. The Bertz CT molecular complexity index is 913. The van der Waals surface area contributed by atoms with Gasteiger partial charge >= 0.3 is 5.97 Å². The Hall–Kier alpha value is -2.43. The summed E-state index contributed by atoms with van der Waals surface area (Å²) in [6.45, 7) is 0. The molecule has 0 saturated heterocycles. The summed E-state index contributed by atoms with van der Waals surface area (Å²) in [6, 6.07) is 8.48. The zero-order valence-electron chi connectivity index (χ0n) is 14.1. The lowest BCUT2D eigenvalue weighted by molar-refractivity contribution is 0.0697. The standard InChI is InChI=1S/C21H19F2NO2/c22-12-6-7-16(23)15(9-12)20-18-11-5-4-10(8-11)17(18)13-2-1-3-14(21(25)26)19(13)24-20/h1-3,6-7,9-11,17-18,20,24H,4-5,8H2,(H,25,26)/t10-,11-,17-,18-,20+/m0/s1. The predicted molar refractivity (Wildman–Crippen MR) is 93.2 cm³/mol. The Morgan fingerprint density at radius 3 is 2.69 bits per heavy atom. The highest BCUT2D eigenvalue weighted by Gasteiger charge is 2.54. The molecule has 2 fully saturated rings. The van der Waals surface area contributed by atoms with Crippen LogP contribution in [0, 0.1) is 29.4 Å². The number of carboxylic acids is 1. The maximum atomic E-state index is 14.6. The van der Waals surface area contributed by atoms with Crippen LogP contribution in [0.5, 0.6) is 0 Å². The SMILES string of the molecule is O=C(O)c1cccc2c1N[C@H](c1cc(F)ccc1F)[C@H]1[C@H]3CC[C@@H](C3)[C@@H]21. The van der Waals surface area contributed by atoms with E-state index in [1.807, 2.05) is 6.07 Å². The molecule has 26 heavy (non-hydrogen) atoms. The van der Waals surface area contributed by atoms with Crippen molar-refractivity contribution in [3.05, 3.63) is 64.7 Å². The van der Waals surface area contributed by atoms with Gasteiger partial charge in [0, 0.05) is 5.56 Å². The van der Waals surface area contributed by atoms with Gasteiger partial charge in [-0.15, -0.1) is 0 Å². The van der Waals surface area contributed by atoms with Crippen LogP contribution in [0.15, 0.2) is 36.4 Å². The molecule has 5 heteroatoms. The molecule has 2 aromatic rings. The summed E-state index contributed by atoms with van der Waals surface area (Å²) in [4.78, 5) is 11.7. The quantitative estimate of drug-likeness (QED) is 0.800. The first kappa shape index (κ1) is 15.8. The Morgan fingerprint density at radius 2 is 1.88 bits per heavy atom. The van der Waals surface area contributed by atoms with Crippen molar-refractivity contribution in [1.82, 2.24) is 0 Å². The van der Waals surface area contributed by atoms with Crippen molar-refractivity contribution >= 4 is 11.7 Å². The largest absolute Gasteiger partial charge is 0.478 e. The Labute approximate surface area is 150 Å². The molecule has 0 radical (unpaired) electrons. The fraction of sp³-hybridized carbons (Fsp3) is 0.381. The predicted octanol–water partition coefficient (Wildman–Crippen LogP) is 4.96. The molecule has 0 spiro atoms. The Balaban J connectivity index is 1.70. The van der Waals surface area contributed by atoms with E-state index >= 15 is 0 Å². The van der Waals surface area contributed by atoms with Gasteiger partial charge in [0.05, 0.1) is 17.3 Å². The molecule has 5 rings (SSSR count). The number of anilines is 1. The van der Waals surface area contributed by atoms with E-state index in [1.165, 1.54) is 6.07 Å². The molecule has 2 saturated carbocycles. The van der Waals surface area contributed by atoms with Gasteiger partial charge in [0.15, 0.2) is 0 Å². The van der Waals surface area contributed by atoms with Crippen molar-refractivity contribution in [2.75, 3.05) is 5.32 Å². The van der Waals surface area contributed by atoms with Gasteiger partial charge in [0.2, 0.25) is 0 Å². The van der Waals surface area contributed by atoms with E-state index in [9.17, 15) is 18.7 Å².